The fourth-order valence-corrected chi connectivity index (χ4v) is 2.92. The molecule has 0 bridgehead atoms. The van der Waals surface area contributed by atoms with Crippen LogP contribution in [0.15, 0.2) is 6.33 Å². The molecule has 2 rings (SSSR count). The first kappa shape index (κ1) is 13.5. The molecule has 18 heavy (non-hydrogen) atoms. The van der Waals surface area contributed by atoms with Crippen LogP contribution in [0.4, 0.5) is 0 Å². The fraction of sp³-hybridized carbons (Fsp3) is 0.857. The average molecular weight is 251 g/mol. The standard InChI is InChI=1S/C14H25N3O/c1-3-9-17-13(15-11-16-17)10-14(18)7-5-12(4-2)6-8-14/h11-12,18H,3-10H2,1-2H3. The molecule has 1 aromatic rings. The molecule has 1 saturated carbocycles. The van der Waals surface area contributed by atoms with Gasteiger partial charge in [-0.1, -0.05) is 20.3 Å². The van der Waals surface area contributed by atoms with Crippen LogP contribution in [-0.4, -0.2) is 25.5 Å². The SMILES string of the molecule is CCCn1ncnc1CC1(O)CCC(CC)CC1. The van der Waals surface area contributed by atoms with Crippen molar-refractivity contribution in [3.63, 3.8) is 0 Å². The highest BCUT2D eigenvalue weighted by Crippen LogP contribution is 2.35. The predicted molar refractivity (Wildman–Crippen MR) is 71.2 cm³/mol. The molecule has 0 spiro atoms. The van der Waals surface area contributed by atoms with Gasteiger partial charge in [0.15, 0.2) is 0 Å². The van der Waals surface area contributed by atoms with Crippen molar-refractivity contribution in [2.75, 3.05) is 0 Å². The molecule has 1 heterocycles. The molecule has 0 radical (unpaired) electrons. The van der Waals surface area contributed by atoms with Gasteiger partial charge in [0.05, 0.1) is 5.60 Å². The van der Waals surface area contributed by atoms with E-state index in [0.717, 1.165) is 50.4 Å². The zero-order valence-electron chi connectivity index (χ0n) is 11.6. The molecule has 0 amide bonds. The minimum absolute atomic E-state index is 0.551. The fourth-order valence-electron chi connectivity index (χ4n) is 2.92. The van der Waals surface area contributed by atoms with Gasteiger partial charge in [0.1, 0.15) is 12.2 Å². The Kier molecular flexibility index (Phi) is 4.38. The summed E-state index contributed by atoms with van der Waals surface area (Å²) in [5.41, 5.74) is -0.551. The maximum atomic E-state index is 10.7. The molecule has 0 aliphatic heterocycles. The van der Waals surface area contributed by atoms with Crippen LogP contribution in [-0.2, 0) is 13.0 Å². The minimum atomic E-state index is -0.551. The lowest BCUT2D eigenvalue weighted by atomic mass is 9.76. The largest absolute Gasteiger partial charge is 0.389 e. The molecule has 1 aliphatic carbocycles. The molecule has 0 atom stereocenters. The van der Waals surface area contributed by atoms with Crippen molar-refractivity contribution in [3.05, 3.63) is 12.2 Å². The van der Waals surface area contributed by atoms with Crippen molar-refractivity contribution in [1.29, 1.82) is 0 Å². The van der Waals surface area contributed by atoms with E-state index in [2.05, 4.69) is 23.9 Å². The lowest BCUT2D eigenvalue weighted by Gasteiger charge is -2.35. The summed E-state index contributed by atoms with van der Waals surface area (Å²) in [7, 11) is 0. The highest BCUT2D eigenvalue weighted by Gasteiger charge is 2.34. The van der Waals surface area contributed by atoms with E-state index < -0.39 is 5.60 Å². The number of aliphatic hydroxyl groups is 1. The normalized spacial score (nSPS) is 28.5. The summed E-state index contributed by atoms with van der Waals surface area (Å²) in [5, 5.41) is 14.9. The predicted octanol–water partition coefficient (Wildman–Crippen LogP) is 2.56. The zero-order chi connectivity index (χ0) is 13.0. The quantitative estimate of drug-likeness (QED) is 0.875. The summed E-state index contributed by atoms with van der Waals surface area (Å²) in [6.07, 6.45) is 8.66. The van der Waals surface area contributed by atoms with Gasteiger partial charge in [-0.15, -0.1) is 0 Å². The van der Waals surface area contributed by atoms with E-state index in [1.165, 1.54) is 6.42 Å². The third kappa shape index (κ3) is 3.10. The van der Waals surface area contributed by atoms with E-state index in [1.54, 1.807) is 6.33 Å². The van der Waals surface area contributed by atoms with Crippen molar-refractivity contribution in [3.8, 4) is 0 Å². The Hall–Kier alpha value is -0.900. The highest BCUT2D eigenvalue weighted by atomic mass is 16.3. The second kappa shape index (κ2) is 5.83. The van der Waals surface area contributed by atoms with Gasteiger partial charge < -0.3 is 5.11 Å². The second-order valence-electron chi connectivity index (χ2n) is 5.65. The number of aromatic nitrogens is 3. The van der Waals surface area contributed by atoms with Crippen LogP contribution in [0.3, 0.4) is 0 Å². The molecule has 4 nitrogen and oxygen atoms in total. The lowest BCUT2D eigenvalue weighted by molar-refractivity contribution is -0.0116. The average Bonchev–Trinajstić information content (AvgIpc) is 2.78. The first-order chi connectivity index (χ1) is 8.67. The van der Waals surface area contributed by atoms with Crippen LogP contribution in [0, 0.1) is 5.92 Å². The number of aryl methyl sites for hydroxylation is 1. The zero-order valence-corrected chi connectivity index (χ0v) is 11.6. The molecule has 0 aromatic carbocycles. The summed E-state index contributed by atoms with van der Waals surface area (Å²) in [4.78, 5) is 4.31. The van der Waals surface area contributed by atoms with Gasteiger partial charge >= 0.3 is 0 Å². The maximum absolute atomic E-state index is 10.7. The second-order valence-corrected chi connectivity index (χ2v) is 5.65. The van der Waals surface area contributed by atoms with Crippen LogP contribution >= 0.6 is 0 Å². The molecule has 1 aromatic heterocycles. The van der Waals surface area contributed by atoms with Gasteiger partial charge in [-0.2, -0.15) is 5.10 Å². The molecular weight excluding hydrogens is 226 g/mol. The van der Waals surface area contributed by atoms with Crippen LogP contribution in [0.1, 0.15) is 58.2 Å². The molecule has 1 fully saturated rings. The molecule has 1 N–H and O–H groups in total. The summed E-state index contributed by atoms with van der Waals surface area (Å²) in [6, 6.07) is 0. The molecule has 1 aliphatic rings. The maximum Gasteiger partial charge on any atom is 0.138 e. The first-order valence-corrected chi connectivity index (χ1v) is 7.26. The van der Waals surface area contributed by atoms with Gasteiger partial charge in [0.2, 0.25) is 0 Å². The monoisotopic (exact) mass is 251 g/mol. The Balaban J connectivity index is 1.98. The highest BCUT2D eigenvalue weighted by molar-refractivity contribution is 4.97. The van der Waals surface area contributed by atoms with Crippen LogP contribution in [0.5, 0.6) is 0 Å². The van der Waals surface area contributed by atoms with E-state index in [9.17, 15) is 5.11 Å². The van der Waals surface area contributed by atoms with Gasteiger partial charge in [-0.25, -0.2) is 4.98 Å². The van der Waals surface area contributed by atoms with Crippen LogP contribution < -0.4 is 0 Å². The van der Waals surface area contributed by atoms with Gasteiger partial charge in [0.25, 0.3) is 0 Å². The Bertz CT molecular complexity index is 367. The third-order valence-corrected chi connectivity index (χ3v) is 4.23. The summed E-state index contributed by atoms with van der Waals surface area (Å²) in [5.74, 6) is 1.74. The molecule has 0 saturated heterocycles. The number of hydrogen-bond donors (Lipinski definition) is 1. The van der Waals surface area contributed by atoms with Crippen molar-refractivity contribution < 1.29 is 5.11 Å². The van der Waals surface area contributed by atoms with E-state index in [1.807, 2.05) is 4.68 Å². The summed E-state index contributed by atoms with van der Waals surface area (Å²) in [6.45, 7) is 5.27. The summed E-state index contributed by atoms with van der Waals surface area (Å²) >= 11 is 0. The minimum Gasteiger partial charge on any atom is -0.389 e. The van der Waals surface area contributed by atoms with Crippen molar-refractivity contribution in [1.82, 2.24) is 14.8 Å². The van der Waals surface area contributed by atoms with Gasteiger partial charge in [-0.3, -0.25) is 4.68 Å². The van der Waals surface area contributed by atoms with Crippen LogP contribution in [0.25, 0.3) is 0 Å². The summed E-state index contributed by atoms with van der Waals surface area (Å²) < 4.78 is 1.93. The van der Waals surface area contributed by atoms with Crippen molar-refractivity contribution >= 4 is 0 Å². The molecule has 4 heteroatoms. The van der Waals surface area contributed by atoms with E-state index in [4.69, 9.17) is 0 Å². The Morgan fingerprint density at radius 2 is 2.11 bits per heavy atom. The Labute approximate surface area is 109 Å². The topological polar surface area (TPSA) is 50.9 Å². The number of rotatable bonds is 5. The van der Waals surface area contributed by atoms with Crippen molar-refractivity contribution in [2.45, 2.75) is 70.9 Å². The number of hydrogen-bond acceptors (Lipinski definition) is 3. The van der Waals surface area contributed by atoms with Gasteiger partial charge in [0, 0.05) is 13.0 Å². The van der Waals surface area contributed by atoms with E-state index in [0.29, 0.717) is 6.42 Å². The molecular formula is C14H25N3O. The van der Waals surface area contributed by atoms with E-state index in [-0.39, 0.29) is 0 Å². The Morgan fingerprint density at radius 3 is 2.72 bits per heavy atom. The number of nitrogens with zero attached hydrogens (tertiary/aromatic N) is 3. The first-order valence-electron chi connectivity index (χ1n) is 7.26. The third-order valence-electron chi connectivity index (χ3n) is 4.23. The van der Waals surface area contributed by atoms with E-state index >= 15 is 0 Å². The lowest BCUT2D eigenvalue weighted by Crippen LogP contribution is -2.37. The molecule has 0 unspecified atom stereocenters. The molecule has 102 valence electrons. The Morgan fingerprint density at radius 1 is 1.39 bits per heavy atom. The van der Waals surface area contributed by atoms with Gasteiger partial charge in [-0.05, 0) is 38.0 Å². The van der Waals surface area contributed by atoms with Crippen molar-refractivity contribution in [2.24, 2.45) is 5.92 Å². The van der Waals surface area contributed by atoms with Crippen LogP contribution in [0.2, 0.25) is 0 Å². The smallest absolute Gasteiger partial charge is 0.138 e.